The molecule has 0 aliphatic carbocycles. The zero-order chi connectivity index (χ0) is 14.7. The van der Waals surface area contributed by atoms with Gasteiger partial charge in [-0.1, -0.05) is 17.7 Å². The van der Waals surface area contributed by atoms with Gasteiger partial charge in [-0.05, 0) is 38.0 Å². The van der Waals surface area contributed by atoms with Gasteiger partial charge in [0.25, 0.3) is 5.56 Å². The Hall–Kier alpha value is -2.43. The van der Waals surface area contributed by atoms with Crippen LogP contribution in [0, 0.1) is 13.8 Å². The summed E-state index contributed by atoms with van der Waals surface area (Å²) in [5, 5.41) is 15.2. The SMILES string of the molecule is Cc1ccc(C)c(-c2cc(CCC(=O)O)c(=O)[nH]n2)c1. The first-order valence-corrected chi connectivity index (χ1v) is 6.35. The van der Waals surface area contributed by atoms with E-state index in [4.69, 9.17) is 5.11 Å². The lowest BCUT2D eigenvalue weighted by Gasteiger charge is -2.07. The molecule has 0 radical (unpaired) electrons. The standard InChI is InChI=1S/C15H16N2O3/c1-9-3-4-10(2)12(7-9)13-8-11(5-6-14(18)19)15(20)17-16-13/h3-4,7-8H,5-6H2,1-2H3,(H,17,20)(H,18,19). The minimum Gasteiger partial charge on any atom is -0.481 e. The number of hydrogen-bond acceptors (Lipinski definition) is 3. The van der Waals surface area contributed by atoms with Crippen molar-refractivity contribution < 1.29 is 9.90 Å². The molecule has 104 valence electrons. The molecular weight excluding hydrogens is 256 g/mol. The van der Waals surface area contributed by atoms with Crippen LogP contribution >= 0.6 is 0 Å². The molecule has 1 aromatic heterocycles. The van der Waals surface area contributed by atoms with Crippen LogP contribution in [-0.2, 0) is 11.2 Å². The summed E-state index contributed by atoms with van der Waals surface area (Å²) in [5.41, 5.74) is 3.87. The van der Waals surface area contributed by atoms with Crippen molar-refractivity contribution in [1.82, 2.24) is 10.2 Å². The van der Waals surface area contributed by atoms with E-state index in [9.17, 15) is 9.59 Å². The lowest BCUT2D eigenvalue weighted by atomic mass is 10.0. The lowest BCUT2D eigenvalue weighted by Crippen LogP contribution is -2.16. The van der Waals surface area contributed by atoms with E-state index in [0.717, 1.165) is 16.7 Å². The van der Waals surface area contributed by atoms with Crippen LogP contribution in [0.1, 0.15) is 23.1 Å². The third-order valence-corrected chi connectivity index (χ3v) is 3.16. The quantitative estimate of drug-likeness (QED) is 0.892. The number of H-pyrrole nitrogens is 1. The lowest BCUT2D eigenvalue weighted by molar-refractivity contribution is -0.136. The number of aromatic nitrogens is 2. The van der Waals surface area contributed by atoms with E-state index in [2.05, 4.69) is 10.2 Å². The molecule has 0 atom stereocenters. The van der Waals surface area contributed by atoms with Crippen molar-refractivity contribution in [3.8, 4) is 11.3 Å². The summed E-state index contributed by atoms with van der Waals surface area (Å²) >= 11 is 0. The van der Waals surface area contributed by atoms with Crippen LogP contribution in [0.15, 0.2) is 29.1 Å². The molecule has 5 heteroatoms. The number of benzene rings is 1. The van der Waals surface area contributed by atoms with Crippen LogP contribution < -0.4 is 5.56 Å². The molecule has 20 heavy (non-hydrogen) atoms. The summed E-state index contributed by atoms with van der Waals surface area (Å²) in [5.74, 6) is -0.922. The Kier molecular flexibility index (Phi) is 3.98. The molecule has 0 aliphatic heterocycles. The molecule has 0 saturated heterocycles. The minimum atomic E-state index is -0.922. The van der Waals surface area contributed by atoms with E-state index in [1.165, 1.54) is 0 Å². The highest BCUT2D eigenvalue weighted by Gasteiger charge is 2.09. The number of aliphatic carboxylic acids is 1. The van der Waals surface area contributed by atoms with E-state index in [1.54, 1.807) is 6.07 Å². The summed E-state index contributed by atoms with van der Waals surface area (Å²) in [4.78, 5) is 22.3. The Morgan fingerprint density at radius 2 is 2.05 bits per heavy atom. The van der Waals surface area contributed by atoms with Gasteiger partial charge in [-0.15, -0.1) is 0 Å². The summed E-state index contributed by atoms with van der Waals surface area (Å²) in [6.07, 6.45) is 0.129. The first-order chi connectivity index (χ1) is 9.47. The summed E-state index contributed by atoms with van der Waals surface area (Å²) in [6, 6.07) is 7.67. The molecule has 1 aromatic carbocycles. The largest absolute Gasteiger partial charge is 0.481 e. The van der Waals surface area contributed by atoms with Crippen molar-refractivity contribution in [2.24, 2.45) is 0 Å². The van der Waals surface area contributed by atoms with Gasteiger partial charge in [-0.3, -0.25) is 9.59 Å². The van der Waals surface area contributed by atoms with Gasteiger partial charge in [0.1, 0.15) is 0 Å². The maximum Gasteiger partial charge on any atom is 0.303 e. The maximum atomic E-state index is 11.7. The highest BCUT2D eigenvalue weighted by Crippen LogP contribution is 2.22. The molecule has 2 rings (SSSR count). The highest BCUT2D eigenvalue weighted by atomic mass is 16.4. The van der Waals surface area contributed by atoms with Crippen molar-refractivity contribution in [3.05, 3.63) is 51.3 Å². The second-order valence-corrected chi connectivity index (χ2v) is 4.82. The number of carboxylic acid groups (broad SMARTS) is 1. The molecule has 0 bridgehead atoms. The molecule has 0 spiro atoms. The van der Waals surface area contributed by atoms with E-state index in [1.807, 2.05) is 32.0 Å². The van der Waals surface area contributed by atoms with Gasteiger partial charge in [0.15, 0.2) is 0 Å². The first-order valence-electron chi connectivity index (χ1n) is 6.35. The van der Waals surface area contributed by atoms with Crippen LogP contribution in [0.25, 0.3) is 11.3 Å². The van der Waals surface area contributed by atoms with E-state index >= 15 is 0 Å². The third-order valence-electron chi connectivity index (χ3n) is 3.16. The maximum absolute atomic E-state index is 11.7. The number of nitrogens with zero attached hydrogens (tertiary/aromatic N) is 1. The van der Waals surface area contributed by atoms with Crippen molar-refractivity contribution in [2.75, 3.05) is 0 Å². The Bertz CT molecular complexity index is 705. The number of rotatable bonds is 4. The molecule has 5 nitrogen and oxygen atoms in total. The van der Waals surface area contributed by atoms with Gasteiger partial charge >= 0.3 is 5.97 Å². The molecule has 0 fully saturated rings. The van der Waals surface area contributed by atoms with Crippen LogP contribution in [0.3, 0.4) is 0 Å². The second-order valence-electron chi connectivity index (χ2n) is 4.82. The number of aromatic amines is 1. The average molecular weight is 272 g/mol. The minimum absolute atomic E-state index is 0.0701. The van der Waals surface area contributed by atoms with Crippen LogP contribution in [0.4, 0.5) is 0 Å². The summed E-state index contributed by atoms with van der Waals surface area (Å²) in [6.45, 7) is 3.96. The first kappa shape index (κ1) is 14.0. The van der Waals surface area contributed by atoms with Gasteiger partial charge in [0.2, 0.25) is 0 Å². The van der Waals surface area contributed by atoms with Gasteiger partial charge in [0, 0.05) is 17.5 Å². The highest BCUT2D eigenvalue weighted by molar-refractivity contribution is 5.67. The van der Waals surface area contributed by atoms with E-state index in [-0.39, 0.29) is 18.4 Å². The van der Waals surface area contributed by atoms with Crippen LogP contribution in [0.2, 0.25) is 0 Å². The average Bonchev–Trinajstić information content (AvgIpc) is 2.40. The third kappa shape index (κ3) is 3.12. The number of aryl methyl sites for hydroxylation is 3. The monoisotopic (exact) mass is 272 g/mol. The van der Waals surface area contributed by atoms with Gasteiger partial charge < -0.3 is 5.11 Å². The number of hydrogen-bond donors (Lipinski definition) is 2. The fraction of sp³-hybridized carbons (Fsp3) is 0.267. The molecule has 0 unspecified atom stereocenters. The second kappa shape index (κ2) is 5.69. The van der Waals surface area contributed by atoms with Gasteiger partial charge in [-0.2, -0.15) is 5.10 Å². The number of nitrogens with one attached hydrogen (secondary N) is 1. The smallest absolute Gasteiger partial charge is 0.303 e. The predicted octanol–water partition coefficient (Wildman–Crippen LogP) is 2.07. The summed E-state index contributed by atoms with van der Waals surface area (Å²) in [7, 11) is 0. The topological polar surface area (TPSA) is 83.0 Å². The Morgan fingerprint density at radius 1 is 1.30 bits per heavy atom. The summed E-state index contributed by atoms with van der Waals surface area (Å²) < 4.78 is 0. The molecule has 0 amide bonds. The zero-order valence-electron chi connectivity index (χ0n) is 11.4. The molecule has 0 aliphatic rings. The molecule has 1 heterocycles. The Morgan fingerprint density at radius 3 is 2.75 bits per heavy atom. The van der Waals surface area contributed by atoms with Crippen LogP contribution in [0.5, 0.6) is 0 Å². The van der Waals surface area contributed by atoms with Crippen molar-refractivity contribution in [3.63, 3.8) is 0 Å². The fourth-order valence-corrected chi connectivity index (χ4v) is 2.02. The molecule has 2 N–H and O–H groups in total. The predicted molar refractivity (Wildman–Crippen MR) is 75.7 cm³/mol. The molecular formula is C15H16N2O3. The molecule has 2 aromatic rings. The van der Waals surface area contributed by atoms with Crippen molar-refractivity contribution in [2.45, 2.75) is 26.7 Å². The van der Waals surface area contributed by atoms with Crippen LogP contribution in [-0.4, -0.2) is 21.3 Å². The van der Waals surface area contributed by atoms with Crippen molar-refractivity contribution in [1.29, 1.82) is 0 Å². The van der Waals surface area contributed by atoms with Crippen molar-refractivity contribution >= 4 is 5.97 Å². The van der Waals surface area contributed by atoms with E-state index < -0.39 is 5.97 Å². The fourth-order valence-electron chi connectivity index (χ4n) is 2.02. The number of carbonyl (C=O) groups is 1. The normalized spacial score (nSPS) is 10.5. The van der Waals surface area contributed by atoms with Gasteiger partial charge in [-0.25, -0.2) is 5.10 Å². The number of carboxylic acids is 1. The Labute approximate surface area is 116 Å². The molecule has 0 saturated carbocycles. The van der Waals surface area contributed by atoms with E-state index in [0.29, 0.717) is 11.3 Å². The van der Waals surface area contributed by atoms with Gasteiger partial charge in [0.05, 0.1) is 5.69 Å². The zero-order valence-corrected chi connectivity index (χ0v) is 11.4. The Balaban J connectivity index is 2.43.